The number of phenolic OH excluding ortho intramolecular Hbond substituents is 1. The predicted molar refractivity (Wildman–Crippen MR) is 62.8 cm³/mol. The van der Waals surface area contributed by atoms with E-state index in [2.05, 4.69) is 0 Å². The second-order valence-corrected chi connectivity index (χ2v) is 3.43. The third kappa shape index (κ3) is 3.79. The van der Waals surface area contributed by atoms with Gasteiger partial charge in [0.25, 0.3) is 0 Å². The summed E-state index contributed by atoms with van der Waals surface area (Å²) in [5, 5.41) is 9.15. The Morgan fingerprint density at radius 1 is 1.29 bits per heavy atom. The molecule has 0 spiro atoms. The monoisotopic (exact) mass is 237 g/mol. The molecule has 0 unspecified atom stereocenters. The van der Waals surface area contributed by atoms with Gasteiger partial charge in [-0.05, 0) is 31.2 Å². The van der Waals surface area contributed by atoms with Crippen molar-refractivity contribution in [3.8, 4) is 5.75 Å². The molecule has 1 aromatic rings. The van der Waals surface area contributed by atoms with Crippen molar-refractivity contribution in [2.24, 2.45) is 0 Å². The zero-order valence-electron chi connectivity index (χ0n) is 9.84. The summed E-state index contributed by atoms with van der Waals surface area (Å²) in [5.41, 5.74) is 0.545. The van der Waals surface area contributed by atoms with Crippen LogP contribution in [-0.4, -0.2) is 30.1 Å². The van der Waals surface area contributed by atoms with Gasteiger partial charge in [0.15, 0.2) is 0 Å². The second kappa shape index (κ2) is 5.89. The molecular formula is C12H15NO4. The van der Waals surface area contributed by atoms with E-state index in [1.807, 2.05) is 0 Å². The van der Waals surface area contributed by atoms with Crippen LogP contribution in [0.2, 0.25) is 0 Å². The Balaban J connectivity index is 2.82. The summed E-state index contributed by atoms with van der Waals surface area (Å²) < 4.78 is 4.79. The minimum absolute atomic E-state index is 0.105. The number of carbonyl (C=O) groups excluding carboxylic acids is 2. The number of nitrogens with zero attached hydrogens (tertiary/aromatic N) is 1. The van der Waals surface area contributed by atoms with E-state index in [1.165, 1.54) is 24.0 Å². The predicted octanol–water partition coefficient (Wildman–Crippen LogP) is 1.31. The molecule has 1 aromatic carbocycles. The van der Waals surface area contributed by atoms with Crippen LogP contribution < -0.4 is 4.90 Å². The Bertz CT molecular complexity index is 399. The Labute approximate surface area is 99.6 Å². The van der Waals surface area contributed by atoms with Gasteiger partial charge in [0.1, 0.15) is 12.3 Å². The number of hydrogen-bond donors (Lipinski definition) is 1. The lowest BCUT2D eigenvalue weighted by atomic mass is 10.2. The minimum atomic E-state index is -0.462. The largest absolute Gasteiger partial charge is 0.508 e. The molecule has 0 radical (unpaired) electrons. The Hall–Kier alpha value is -2.04. The summed E-state index contributed by atoms with van der Waals surface area (Å²) >= 11 is 0. The molecule has 0 saturated carbocycles. The molecule has 0 aliphatic carbocycles. The number of benzene rings is 1. The van der Waals surface area contributed by atoms with Crippen LogP contribution in [0, 0.1) is 0 Å². The summed E-state index contributed by atoms with van der Waals surface area (Å²) in [6.07, 6.45) is 0. The number of carbonyl (C=O) groups is 2. The van der Waals surface area contributed by atoms with Crippen LogP contribution in [0.1, 0.15) is 13.8 Å². The smallest absolute Gasteiger partial charge is 0.326 e. The number of anilines is 1. The van der Waals surface area contributed by atoms with Gasteiger partial charge >= 0.3 is 5.97 Å². The number of ether oxygens (including phenoxy) is 1. The molecule has 5 nitrogen and oxygen atoms in total. The Morgan fingerprint density at radius 2 is 1.88 bits per heavy atom. The molecule has 0 fully saturated rings. The van der Waals surface area contributed by atoms with Crippen molar-refractivity contribution in [2.45, 2.75) is 13.8 Å². The lowest BCUT2D eigenvalue weighted by Gasteiger charge is -2.19. The van der Waals surface area contributed by atoms with Crippen LogP contribution in [0.4, 0.5) is 5.69 Å². The van der Waals surface area contributed by atoms with Gasteiger partial charge in [0, 0.05) is 12.6 Å². The number of rotatable bonds is 4. The quantitative estimate of drug-likeness (QED) is 0.802. The first-order chi connectivity index (χ1) is 8.04. The van der Waals surface area contributed by atoms with Gasteiger partial charge in [-0.3, -0.25) is 9.59 Å². The second-order valence-electron chi connectivity index (χ2n) is 3.43. The van der Waals surface area contributed by atoms with E-state index in [0.29, 0.717) is 5.69 Å². The molecule has 1 rings (SSSR count). The van der Waals surface area contributed by atoms with Gasteiger partial charge in [-0.15, -0.1) is 0 Å². The first-order valence-corrected chi connectivity index (χ1v) is 5.27. The first-order valence-electron chi connectivity index (χ1n) is 5.27. The minimum Gasteiger partial charge on any atom is -0.508 e. The highest BCUT2D eigenvalue weighted by Gasteiger charge is 2.16. The maximum absolute atomic E-state index is 11.4. The standard InChI is InChI=1S/C12H15NO4/c1-3-17-12(16)8-13(9(2)14)10-4-6-11(15)7-5-10/h4-7,15H,3,8H2,1-2H3. The lowest BCUT2D eigenvalue weighted by molar-refractivity contribution is -0.142. The van der Waals surface area contributed by atoms with Crippen LogP contribution in [0.3, 0.4) is 0 Å². The van der Waals surface area contributed by atoms with Crippen molar-refractivity contribution in [1.29, 1.82) is 0 Å². The van der Waals surface area contributed by atoms with E-state index in [1.54, 1.807) is 19.1 Å². The van der Waals surface area contributed by atoms with Crippen molar-refractivity contribution in [3.63, 3.8) is 0 Å². The molecule has 0 aliphatic heterocycles. The fourth-order valence-corrected chi connectivity index (χ4v) is 1.35. The highest BCUT2D eigenvalue weighted by Crippen LogP contribution is 2.18. The first kappa shape index (κ1) is 13.0. The molecule has 0 heterocycles. The molecule has 17 heavy (non-hydrogen) atoms. The van der Waals surface area contributed by atoms with Crippen molar-refractivity contribution < 1.29 is 19.4 Å². The normalized spacial score (nSPS) is 9.76. The Kier molecular flexibility index (Phi) is 4.51. The molecule has 1 amide bonds. The van der Waals surface area contributed by atoms with Crippen molar-refractivity contribution in [3.05, 3.63) is 24.3 Å². The summed E-state index contributed by atoms with van der Waals surface area (Å²) in [6.45, 7) is 3.22. The van der Waals surface area contributed by atoms with Gasteiger partial charge in [0.2, 0.25) is 5.91 Å². The van der Waals surface area contributed by atoms with E-state index < -0.39 is 5.97 Å². The topological polar surface area (TPSA) is 66.8 Å². The van der Waals surface area contributed by atoms with Gasteiger partial charge in [-0.25, -0.2) is 0 Å². The van der Waals surface area contributed by atoms with Crippen LogP contribution in [0.15, 0.2) is 24.3 Å². The molecule has 0 aliphatic rings. The number of amides is 1. The van der Waals surface area contributed by atoms with E-state index in [4.69, 9.17) is 9.84 Å². The molecule has 0 atom stereocenters. The van der Waals surface area contributed by atoms with Gasteiger partial charge < -0.3 is 14.7 Å². The molecule has 92 valence electrons. The molecule has 0 bridgehead atoms. The SMILES string of the molecule is CCOC(=O)CN(C(C)=O)c1ccc(O)cc1. The van der Waals surface area contributed by atoms with E-state index in [0.717, 1.165) is 0 Å². The zero-order valence-corrected chi connectivity index (χ0v) is 9.84. The van der Waals surface area contributed by atoms with Gasteiger partial charge in [0.05, 0.1) is 6.61 Å². The third-order valence-corrected chi connectivity index (χ3v) is 2.13. The summed E-state index contributed by atoms with van der Waals surface area (Å²) in [6, 6.07) is 6.04. The Morgan fingerprint density at radius 3 is 2.35 bits per heavy atom. The molecule has 0 saturated heterocycles. The fraction of sp³-hybridized carbons (Fsp3) is 0.333. The van der Waals surface area contributed by atoms with Gasteiger partial charge in [-0.2, -0.15) is 0 Å². The van der Waals surface area contributed by atoms with Crippen molar-refractivity contribution in [1.82, 2.24) is 0 Å². The number of aromatic hydroxyl groups is 1. The molecule has 0 aromatic heterocycles. The van der Waals surface area contributed by atoms with Crippen molar-refractivity contribution in [2.75, 3.05) is 18.1 Å². The fourth-order valence-electron chi connectivity index (χ4n) is 1.35. The number of hydrogen-bond acceptors (Lipinski definition) is 4. The number of phenols is 1. The van der Waals surface area contributed by atoms with Gasteiger partial charge in [-0.1, -0.05) is 0 Å². The van der Waals surface area contributed by atoms with Crippen LogP contribution >= 0.6 is 0 Å². The highest BCUT2D eigenvalue weighted by atomic mass is 16.5. The summed E-state index contributed by atoms with van der Waals surface area (Å²) in [7, 11) is 0. The van der Waals surface area contributed by atoms with Crippen LogP contribution in [-0.2, 0) is 14.3 Å². The summed E-state index contributed by atoms with van der Waals surface area (Å²) in [4.78, 5) is 24.0. The van der Waals surface area contributed by atoms with E-state index in [-0.39, 0.29) is 24.8 Å². The molecular weight excluding hydrogens is 222 g/mol. The maximum Gasteiger partial charge on any atom is 0.326 e. The lowest BCUT2D eigenvalue weighted by Crippen LogP contribution is -2.34. The third-order valence-electron chi connectivity index (χ3n) is 2.13. The maximum atomic E-state index is 11.4. The average molecular weight is 237 g/mol. The average Bonchev–Trinajstić information content (AvgIpc) is 2.27. The summed E-state index contributed by atoms with van der Waals surface area (Å²) in [5.74, 6) is -0.618. The van der Waals surface area contributed by atoms with Crippen molar-refractivity contribution >= 4 is 17.6 Å². The van der Waals surface area contributed by atoms with E-state index >= 15 is 0 Å². The van der Waals surface area contributed by atoms with Crippen LogP contribution in [0.25, 0.3) is 0 Å². The molecule has 1 N–H and O–H groups in total. The van der Waals surface area contributed by atoms with Crippen LogP contribution in [0.5, 0.6) is 5.75 Å². The van der Waals surface area contributed by atoms with E-state index in [9.17, 15) is 9.59 Å². The molecule has 5 heteroatoms. The zero-order chi connectivity index (χ0) is 12.8. The number of esters is 1. The highest BCUT2D eigenvalue weighted by molar-refractivity contribution is 5.96.